The minimum Gasteiger partial charge on any atom is -0.0839 e. The number of hydrogen-bond acceptors (Lipinski definition) is 0. The molecule has 0 amide bonds. The Kier molecular flexibility index (Phi) is 2.10. The molecule has 0 heteroatoms. The molecule has 0 aromatic rings. The van der Waals surface area contributed by atoms with Crippen LogP contribution in [0.3, 0.4) is 0 Å². The Morgan fingerprint density at radius 3 is 2.89 bits per heavy atom. The summed E-state index contributed by atoms with van der Waals surface area (Å²) in [6.07, 6.45) is 8.26. The normalized spacial score (nSPS) is 22.9. The number of hydrogen-bond donors (Lipinski definition) is 0. The lowest BCUT2D eigenvalue weighted by molar-refractivity contribution is 0.992. The van der Waals surface area contributed by atoms with E-state index >= 15 is 0 Å². The molecule has 0 heterocycles. The van der Waals surface area contributed by atoms with Crippen molar-refractivity contribution in [3.05, 3.63) is 23.3 Å². The monoisotopic (exact) mass is 122 g/mol. The van der Waals surface area contributed by atoms with Crippen molar-refractivity contribution < 1.29 is 0 Å². The molecule has 0 aromatic carbocycles. The lowest BCUT2D eigenvalue weighted by Crippen LogP contribution is -1.78. The highest BCUT2D eigenvalue weighted by molar-refractivity contribution is 5.28. The van der Waals surface area contributed by atoms with Crippen LogP contribution in [0.4, 0.5) is 0 Å². The van der Waals surface area contributed by atoms with Gasteiger partial charge in [-0.05, 0) is 31.8 Å². The highest BCUT2D eigenvalue weighted by atomic mass is 14.1. The molecule has 0 N–H and O–H groups in total. The molecule has 0 atom stereocenters. The van der Waals surface area contributed by atoms with Crippen molar-refractivity contribution in [2.24, 2.45) is 0 Å². The summed E-state index contributed by atoms with van der Waals surface area (Å²) in [7, 11) is 0. The van der Waals surface area contributed by atoms with Crippen LogP contribution in [-0.2, 0) is 0 Å². The van der Waals surface area contributed by atoms with Crippen molar-refractivity contribution >= 4 is 0 Å². The average molecular weight is 122 g/mol. The van der Waals surface area contributed by atoms with Crippen LogP contribution in [0.25, 0.3) is 0 Å². The van der Waals surface area contributed by atoms with Crippen LogP contribution in [0.5, 0.6) is 0 Å². The van der Waals surface area contributed by atoms with Gasteiger partial charge in [-0.2, -0.15) is 0 Å². The first kappa shape index (κ1) is 6.60. The first-order chi connectivity index (χ1) is 4.34. The first-order valence-electron chi connectivity index (χ1n) is 3.69. The van der Waals surface area contributed by atoms with E-state index < -0.39 is 0 Å². The smallest absolute Gasteiger partial charge is 0.0245 e. The Morgan fingerprint density at radius 2 is 2.44 bits per heavy atom. The molecule has 0 radical (unpaired) electrons. The lowest BCUT2D eigenvalue weighted by atomic mass is 10.1. The zero-order valence-corrected chi connectivity index (χ0v) is 6.28. The molecule has 1 aliphatic rings. The van der Waals surface area contributed by atoms with E-state index in [0.29, 0.717) is 0 Å². The third-order valence-electron chi connectivity index (χ3n) is 1.98. The zero-order valence-electron chi connectivity index (χ0n) is 6.28. The molecule has 0 bridgehead atoms. The fraction of sp³-hybridized carbons (Fsp3) is 0.556. The largest absolute Gasteiger partial charge is 0.0839 e. The van der Waals surface area contributed by atoms with Gasteiger partial charge >= 0.3 is 0 Å². The number of rotatable bonds is 1. The molecule has 1 rings (SSSR count). The van der Waals surface area contributed by atoms with Gasteiger partial charge in [-0.15, -0.1) is 0 Å². The molecule has 0 aromatic heterocycles. The molecular weight excluding hydrogens is 108 g/mol. The summed E-state index contributed by atoms with van der Waals surface area (Å²) in [6.45, 7) is 4.44. The standard InChI is InChI=1S/C9H14/c1-3-8(2)9-6-4-5-7-9/h4,6H,3,5,7H2,1-2H3. The molecule has 0 spiro atoms. The van der Waals surface area contributed by atoms with Gasteiger partial charge in [-0.3, -0.25) is 0 Å². The summed E-state index contributed by atoms with van der Waals surface area (Å²) >= 11 is 0. The van der Waals surface area contributed by atoms with Gasteiger partial charge in [0.1, 0.15) is 0 Å². The fourth-order valence-corrected chi connectivity index (χ4v) is 1.13. The Labute approximate surface area is 57.3 Å². The fourth-order valence-electron chi connectivity index (χ4n) is 1.13. The van der Waals surface area contributed by atoms with Crippen LogP contribution in [0.15, 0.2) is 23.3 Å². The van der Waals surface area contributed by atoms with Crippen molar-refractivity contribution in [2.75, 3.05) is 0 Å². The van der Waals surface area contributed by atoms with E-state index in [1.165, 1.54) is 19.3 Å². The highest BCUT2D eigenvalue weighted by Gasteiger charge is 2.00. The van der Waals surface area contributed by atoms with E-state index in [1.54, 1.807) is 11.1 Å². The molecule has 0 nitrogen and oxygen atoms in total. The minimum atomic E-state index is 1.21. The SMILES string of the molecule is CCC(C)=C1C=CCC1. The summed E-state index contributed by atoms with van der Waals surface area (Å²) in [5, 5.41) is 0. The lowest BCUT2D eigenvalue weighted by Gasteiger charge is -1.98. The van der Waals surface area contributed by atoms with Crippen LogP contribution in [0.2, 0.25) is 0 Å². The summed E-state index contributed by atoms with van der Waals surface area (Å²) < 4.78 is 0. The van der Waals surface area contributed by atoms with Crippen LogP contribution >= 0.6 is 0 Å². The van der Waals surface area contributed by atoms with Gasteiger partial charge in [-0.25, -0.2) is 0 Å². The molecule has 50 valence electrons. The Balaban J connectivity index is 2.68. The summed E-state index contributed by atoms with van der Waals surface area (Å²) in [5.41, 5.74) is 3.13. The molecule has 0 saturated heterocycles. The predicted octanol–water partition coefficient (Wildman–Crippen LogP) is 3.06. The van der Waals surface area contributed by atoms with Crippen molar-refractivity contribution in [1.82, 2.24) is 0 Å². The van der Waals surface area contributed by atoms with Gasteiger partial charge in [-0.1, -0.05) is 24.6 Å². The molecule has 0 saturated carbocycles. The maximum atomic E-state index is 2.26. The second-order valence-corrected chi connectivity index (χ2v) is 2.60. The van der Waals surface area contributed by atoms with E-state index in [9.17, 15) is 0 Å². The van der Waals surface area contributed by atoms with E-state index in [0.717, 1.165) is 0 Å². The van der Waals surface area contributed by atoms with Gasteiger partial charge in [0.25, 0.3) is 0 Å². The van der Waals surface area contributed by atoms with E-state index in [2.05, 4.69) is 26.0 Å². The number of allylic oxidation sites excluding steroid dienone is 4. The Hall–Kier alpha value is -0.520. The second kappa shape index (κ2) is 2.86. The van der Waals surface area contributed by atoms with Gasteiger partial charge in [0, 0.05) is 0 Å². The topological polar surface area (TPSA) is 0 Å². The third kappa shape index (κ3) is 1.44. The van der Waals surface area contributed by atoms with Crippen LogP contribution in [0, 0.1) is 0 Å². The van der Waals surface area contributed by atoms with Crippen LogP contribution < -0.4 is 0 Å². The Bertz CT molecular complexity index is 149. The quantitative estimate of drug-likeness (QED) is 0.501. The first-order valence-corrected chi connectivity index (χ1v) is 3.69. The average Bonchev–Trinajstić information content (AvgIpc) is 2.37. The van der Waals surface area contributed by atoms with Gasteiger partial charge in [0.05, 0.1) is 0 Å². The Morgan fingerprint density at radius 1 is 1.67 bits per heavy atom. The molecule has 0 fully saturated rings. The van der Waals surface area contributed by atoms with Gasteiger partial charge < -0.3 is 0 Å². The van der Waals surface area contributed by atoms with Crippen molar-refractivity contribution in [3.8, 4) is 0 Å². The summed E-state index contributed by atoms with van der Waals surface area (Å²) in [6, 6.07) is 0. The van der Waals surface area contributed by atoms with E-state index in [-0.39, 0.29) is 0 Å². The maximum absolute atomic E-state index is 2.26. The van der Waals surface area contributed by atoms with Crippen LogP contribution in [0.1, 0.15) is 33.1 Å². The van der Waals surface area contributed by atoms with Crippen LogP contribution in [-0.4, -0.2) is 0 Å². The van der Waals surface area contributed by atoms with E-state index in [1.807, 2.05) is 0 Å². The van der Waals surface area contributed by atoms with Crippen molar-refractivity contribution in [2.45, 2.75) is 33.1 Å². The van der Waals surface area contributed by atoms with Gasteiger partial charge in [0.15, 0.2) is 0 Å². The highest BCUT2D eigenvalue weighted by Crippen LogP contribution is 2.20. The van der Waals surface area contributed by atoms with Crippen molar-refractivity contribution in [1.29, 1.82) is 0 Å². The summed E-state index contributed by atoms with van der Waals surface area (Å²) in [4.78, 5) is 0. The predicted molar refractivity (Wildman–Crippen MR) is 41.4 cm³/mol. The maximum Gasteiger partial charge on any atom is -0.0245 e. The van der Waals surface area contributed by atoms with Crippen molar-refractivity contribution in [3.63, 3.8) is 0 Å². The molecule has 1 aliphatic carbocycles. The molecule has 0 unspecified atom stereocenters. The zero-order chi connectivity index (χ0) is 6.69. The molecule has 9 heavy (non-hydrogen) atoms. The second-order valence-electron chi connectivity index (χ2n) is 2.60. The molecule has 0 aliphatic heterocycles. The minimum absolute atomic E-state index is 1.21. The summed E-state index contributed by atoms with van der Waals surface area (Å²) in [5.74, 6) is 0. The third-order valence-corrected chi connectivity index (χ3v) is 1.98. The molecular formula is C9H14. The van der Waals surface area contributed by atoms with E-state index in [4.69, 9.17) is 0 Å². The van der Waals surface area contributed by atoms with Gasteiger partial charge in [0.2, 0.25) is 0 Å².